The maximum Gasteiger partial charge on any atom is 0.261 e. The molecule has 0 aromatic carbocycles. The van der Waals surface area contributed by atoms with E-state index in [0.717, 1.165) is 0 Å². The summed E-state index contributed by atoms with van der Waals surface area (Å²) in [5.74, 6) is -0.151. The van der Waals surface area contributed by atoms with E-state index < -0.39 is 13.0 Å². The number of nitrogens with two attached hydrogens (primary N) is 1. The van der Waals surface area contributed by atoms with E-state index in [-0.39, 0.29) is 25.0 Å². The number of carbonyl (C=O) groups is 1. The van der Waals surface area contributed by atoms with Crippen LogP contribution in [0.1, 0.15) is 13.3 Å². The number of nitrogens with zero attached hydrogens (tertiary/aromatic N) is 1. The molecule has 1 amide bonds. The molecular weight excluding hydrogens is 206 g/mol. The van der Waals surface area contributed by atoms with Gasteiger partial charge in [0.2, 0.25) is 5.91 Å². The van der Waals surface area contributed by atoms with Gasteiger partial charge in [-0.1, -0.05) is 0 Å². The number of ether oxygens (including phenoxy) is 1. The number of alkyl halides is 2. The average molecular weight is 224 g/mol. The van der Waals surface area contributed by atoms with Crippen LogP contribution in [0.3, 0.4) is 0 Å². The quantitative estimate of drug-likeness (QED) is 0.639. The lowest BCUT2D eigenvalue weighted by molar-refractivity contribution is -0.131. The zero-order chi connectivity index (χ0) is 11.8. The Morgan fingerprint density at radius 3 is 2.60 bits per heavy atom. The molecule has 1 atom stereocenters. The lowest BCUT2D eigenvalue weighted by Crippen LogP contribution is -2.37. The van der Waals surface area contributed by atoms with Gasteiger partial charge in [0.1, 0.15) is 6.61 Å². The van der Waals surface area contributed by atoms with Crippen molar-refractivity contribution in [3.63, 3.8) is 0 Å². The molecule has 6 heteroatoms. The molecule has 2 N–H and O–H groups in total. The van der Waals surface area contributed by atoms with Gasteiger partial charge in [-0.05, 0) is 6.92 Å². The molecule has 0 fully saturated rings. The van der Waals surface area contributed by atoms with E-state index in [1.54, 1.807) is 14.0 Å². The van der Waals surface area contributed by atoms with E-state index in [1.807, 2.05) is 0 Å². The number of halogens is 2. The van der Waals surface area contributed by atoms with Crippen LogP contribution in [-0.2, 0) is 9.53 Å². The molecular formula is C9H18F2N2O2. The smallest absolute Gasteiger partial charge is 0.261 e. The second-order valence-corrected chi connectivity index (χ2v) is 3.47. The summed E-state index contributed by atoms with van der Waals surface area (Å²) in [6.45, 7) is 1.64. The van der Waals surface area contributed by atoms with E-state index in [1.165, 1.54) is 4.90 Å². The van der Waals surface area contributed by atoms with Crippen molar-refractivity contribution < 1.29 is 18.3 Å². The summed E-state index contributed by atoms with van der Waals surface area (Å²) in [6.07, 6.45) is -2.38. The third-order valence-electron chi connectivity index (χ3n) is 1.69. The van der Waals surface area contributed by atoms with Gasteiger partial charge in [0.05, 0.1) is 13.0 Å². The minimum atomic E-state index is -2.48. The molecule has 0 aliphatic heterocycles. The number of amides is 1. The summed E-state index contributed by atoms with van der Waals surface area (Å²) in [6, 6.07) is -0.0964. The molecule has 0 aliphatic rings. The summed E-state index contributed by atoms with van der Waals surface area (Å²) in [5.41, 5.74) is 5.50. The van der Waals surface area contributed by atoms with E-state index >= 15 is 0 Å². The first-order valence-corrected chi connectivity index (χ1v) is 4.79. The standard InChI is InChI=1S/C9H18F2N2O2/c1-7(12)5-13(2)9(14)3-4-15-6-8(10)11/h7-8H,3-6,12H2,1-2H3. The summed E-state index contributed by atoms with van der Waals surface area (Å²) < 4.78 is 27.9. The van der Waals surface area contributed by atoms with Crippen LogP contribution < -0.4 is 5.73 Å². The largest absolute Gasteiger partial charge is 0.375 e. The normalized spacial score (nSPS) is 12.9. The van der Waals surface area contributed by atoms with E-state index in [4.69, 9.17) is 5.73 Å². The summed E-state index contributed by atoms with van der Waals surface area (Å²) in [4.78, 5) is 12.8. The monoisotopic (exact) mass is 224 g/mol. The Bertz CT molecular complexity index is 189. The number of hydrogen-bond donors (Lipinski definition) is 1. The molecule has 0 bridgehead atoms. The van der Waals surface area contributed by atoms with Crippen molar-refractivity contribution in [1.82, 2.24) is 4.90 Å². The van der Waals surface area contributed by atoms with Crippen LogP contribution in [0.2, 0.25) is 0 Å². The Labute approximate surface area is 88.4 Å². The first-order chi connectivity index (χ1) is 6.93. The van der Waals surface area contributed by atoms with Gasteiger partial charge in [0, 0.05) is 19.6 Å². The predicted octanol–water partition coefficient (Wildman–Crippen LogP) is 0.464. The van der Waals surface area contributed by atoms with Gasteiger partial charge < -0.3 is 15.4 Å². The molecule has 0 spiro atoms. The van der Waals surface area contributed by atoms with Crippen molar-refractivity contribution in [3.05, 3.63) is 0 Å². The van der Waals surface area contributed by atoms with Gasteiger partial charge in [-0.3, -0.25) is 4.79 Å². The molecule has 15 heavy (non-hydrogen) atoms. The molecule has 0 heterocycles. The molecule has 0 rings (SSSR count). The van der Waals surface area contributed by atoms with Crippen molar-refractivity contribution in [2.75, 3.05) is 26.8 Å². The molecule has 90 valence electrons. The van der Waals surface area contributed by atoms with Crippen molar-refractivity contribution >= 4 is 5.91 Å². The first-order valence-electron chi connectivity index (χ1n) is 4.79. The van der Waals surface area contributed by atoms with Crippen LogP contribution in [0.4, 0.5) is 8.78 Å². The lowest BCUT2D eigenvalue weighted by Gasteiger charge is -2.19. The second-order valence-electron chi connectivity index (χ2n) is 3.47. The fourth-order valence-electron chi connectivity index (χ4n) is 1.06. The molecule has 0 saturated carbocycles. The maximum atomic E-state index is 11.7. The highest BCUT2D eigenvalue weighted by molar-refractivity contribution is 5.75. The zero-order valence-electron chi connectivity index (χ0n) is 9.08. The Morgan fingerprint density at radius 1 is 1.53 bits per heavy atom. The predicted molar refractivity (Wildman–Crippen MR) is 52.7 cm³/mol. The zero-order valence-corrected chi connectivity index (χ0v) is 9.08. The SMILES string of the molecule is CC(N)CN(C)C(=O)CCOCC(F)F. The van der Waals surface area contributed by atoms with Crippen molar-refractivity contribution in [3.8, 4) is 0 Å². The highest BCUT2D eigenvalue weighted by atomic mass is 19.3. The highest BCUT2D eigenvalue weighted by Gasteiger charge is 2.10. The fraction of sp³-hybridized carbons (Fsp3) is 0.889. The van der Waals surface area contributed by atoms with Crippen LogP contribution >= 0.6 is 0 Å². The number of carbonyl (C=O) groups excluding carboxylic acids is 1. The second kappa shape index (κ2) is 7.53. The van der Waals surface area contributed by atoms with E-state index in [9.17, 15) is 13.6 Å². The number of likely N-dealkylation sites (N-methyl/N-ethyl adjacent to an activating group) is 1. The summed E-state index contributed by atoms with van der Waals surface area (Å²) in [7, 11) is 1.62. The lowest BCUT2D eigenvalue weighted by atomic mass is 10.3. The maximum absolute atomic E-state index is 11.7. The van der Waals surface area contributed by atoms with Crippen LogP contribution in [-0.4, -0.2) is 50.1 Å². The molecule has 4 nitrogen and oxygen atoms in total. The molecule has 0 radical (unpaired) electrons. The van der Waals surface area contributed by atoms with E-state index in [2.05, 4.69) is 4.74 Å². The van der Waals surface area contributed by atoms with Gasteiger partial charge in [-0.2, -0.15) is 0 Å². The van der Waals surface area contributed by atoms with Gasteiger partial charge in [-0.15, -0.1) is 0 Å². The Hall–Kier alpha value is -0.750. The van der Waals surface area contributed by atoms with Gasteiger partial charge in [0.25, 0.3) is 6.43 Å². The van der Waals surface area contributed by atoms with Crippen molar-refractivity contribution in [2.45, 2.75) is 25.8 Å². The van der Waals surface area contributed by atoms with Crippen molar-refractivity contribution in [2.24, 2.45) is 5.73 Å². The highest BCUT2D eigenvalue weighted by Crippen LogP contribution is 1.96. The Balaban J connectivity index is 3.56. The summed E-state index contributed by atoms with van der Waals surface area (Å²) in [5, 5.41) is 0. The third-order valence-corrected chi connectivity index (χ3v) is 1.69. The van der Waals surface area contributed by atoms with Crippen LogP contribution in [0.25, 0.3) is 0 Å². The van der Waals surface area contributed by atoms with Crippen LogP contribution in [0, 0.1) is 0 Å². The van der Waals surface area contributed by atoms with Gasteiger partial charge in [-0.25, -0.2) is 8.78 Å². The Kier molecular flexibility index (Phi) is 7.15. The molecule has 1 unspecified atom stereocenters. The molecule has 0 aromatic rings. The van der Waals surface area contributed by atoms with Gasteiger partial charge in [0.15, 0.2) is 0 Å². The number of rotatable bonds is 7. The molecule has 0 aromatic heterocycles. The van der Waals surface area contributed by atoms with Crippen LogP contribution in [0.15, 0.2) is 0 Å². The average Bonchev–Trinajstić information content (AvgIpc) is 2.10. The van der Waals surface area contributed by atoms with Gasteiger partial charge >= 0.3 is 0 Å². The molecule has 0 saturated heterocycles. The third kappa shape index (κ3) is 8.26. The fourth-order valence-corrected chi connectivity index (χ4v) is 1.06. The van der Waals surface area contributed by atoms with Crippen molar-refractivity contribution in [1.29, 1.82) is 0 Å². The molecule has 0 aliphatic carbocycles. The van der Waals surface area contributed by atoms with E-state index in [0.29, 0.717) is 6.54 Å². The Morgan fingerprint density at radius 2 is 2.13 bits per heavy atom. The first kappa shape index (κ1) is 14.2. The van der Waals surface area contributed by atoms with Crippen LogP contribution in [0.5, 0.6) is 0 Å². The minimum Gasteiger partial charge on any atom is -0.375 e. The number of hydrogen-bond acceptors (Lipinski definition) is 3. The topological polar surface area (TPSA) is 55.6 Å². The minimum absolute atomic E-state index is 0.0203. The summed E-state index contributed by atoms with van der Waals surface area (Å²) >= 11 is 0.